The SMILES string of the molecule is CCOC(=O)c1cccc(CCCCl)c1O. The van der Waals surface area contributed by atoms with Gasteiger partial charge in [0.15, 0.2) is 0 Å². The van der Waals surface area contributed by atoms with Gasteiger partial charge in [-0.1, -0.05) is 12.1 Å². The third-order valence-corrected chi connectivity index (χ3v) is 2.46. The van der Waals surface area contributed by atoms with Gasteiger partial charge in [-0.05, 0) is 31.4 Å². The number of para-hydroxylation sites is 1. The van der Waals surface area contributed by atoms with Crippen LogP contribution in [0.5, 0.6) is 5.75 Å². The number of aromatic hydroxyl groups is 1. The largest absolute Gasteiger partial charge is 0.507 e. The average molecular weight is 243 g/mol. The number of hydrogen-bond acceptors (Lipinski definition) is 3. The van der Waals surface area contributed by atoms with Crippen molar-refractivity contribution in [3.63, 3.8) is 0 Å². The lowest BCUT2D eigenvalue weighted by Gasteiger charge is -2.08. The first kappa shape index (κ1) is 12.8. The van der Waals surface area contributed by atoms with Crippen LogP contribution in [0.15, 0.2) is 18.2 Å². The highest BCUT2D eigenvalue weighted by molar-refractivity contribution is 6.17. The number of phenolic OH excluding ortho intramolecular Hbond substituents is 1. The minimum atomic E-state index is -0.493. The molecule has 4 heteroatoms. The quantitative estimate of drug-likeness (QED) is 0.638. The number of alkyl halides is 1. The summed E-state index contributed by atoms with van der Waals surface area (Å²) in [5, 5.41) is 9.87. The number of ether oxygens (including phenoxy) is 1. The fourth-order valence-electron chi connectivity index (χ4n) is 1.42. The Hall–Kier alpha value is -1.22. The highest BCUT2D eigenvalue weighted by atomic mass is 35.5. The van der Waals surface area contributed by atoms with Crippen LogP contribution in [0.3, 0.4) is 0 Å². The van der Waals surface area contributed by atoms with E-state index in [4.69, 9.17) is 16.3 Å². The Morgan fingerprint density at radius 1 is 1.50 bits per heavy atom. The number of halogens is 1. The van der Waals surface area contributed by atoms with Gasteiger partial charge in [-0.3, -0.25) is 0 Å². The first-order valence-corrected chi connectivity index (χ1v) is 5.78. The number of carbonyl (C=O) groups is 1. The highest BCUT2D eigenvalue weighted by Crippen LogP contribution is 2.24. The van der Waals surface area contributed by atoms with Gasteiger partial charge in [0.25, 0.3) is 0 Å². The molecule has 0 amide bonds. The summed E-state index contributed by atoms with van der Waals surface area (Å²) in [6.07, 6.45) is 1.42. The molecular weight excluding hydrogens is 228 g/mol. The first-order valence-electron chi connectivity index (χ1n) is 5.24. The predicted molar refractivity (Wildman–Crippen MR) is 63.1 cm³/mol. The van der Waals surface area contributed by atoms with Crippen LogP contribution < -0.4 is 0 Å². The van der Waals surface area contributed by atoms with Crippen molar-refractivity contribution in [2.24, 2.45) is 0 Å². The highest BCUT2D eigenvalue weighted by Gasteiger charge is 2.14. The van der Waals surface area contributed by atoms with Gasteiger partial charge in [-0.25, -0.2) is 4.79 Å². The van der Waals surface area contributed by atoms with Crippen molar-refractivity contribution in [1.82, 2.24) is 0 Å². The minimum absolute atomic E-state index is 0.00562. The second kappa shape index (κ2) is 6.38. The normalized spacial score (nSPS) is 10.1. The van der Waals surface area contributed by atoms with Crippen LogP contribution in [-0.4, -0.2) is 23.6 Å². The van der Waals surface area contributed by atoms with E-state index in [0.717, 1.165) is 12.0 Å². The zero-order valence-corrected chi connectivity index (χ0v) is 9.96. The molecule has 0 aliphatic carbocycles. The summed E-state index contributed by atoms with van der Waals surface area (Å²) in [6, 6.07) is 5.07. The van der Waals surface area contributed by atoms with Gasteiger partial charge in [0.2, 0.25) is 0 Å². The minimum Gasteiger partial charge on any atom is -0.507 e. The molecule has 1 N–H and O–H groups in total. The van der Waals surface area contributed by atoms with E-state index >= 15 is 0 Å². The van der Waals surface area contributed by atoms with Crippen molar-refractivity contribution in [1.29, 1.82) is 0 Å². The Bertz CT molecular complexity index is 363. The molecule has 0 aliphatic heterocycles. The maximum atomic E-state index is 11.5. The van der Waals surface area contributed by atoms with E-state index in [2.05, 4.69) is 0 Å². The molecule has 0 spiro atoms. The Labute approximate surface area is 100.0 Å². The van der Waals surface area contributed by atoms with Gasteiger partial charge in [0, 0.05) is 5.88 Å². The van der Waals surface area contributed by atoms with Crippen molar-refractivity contribution < 1.29 is 14.6 Å². The molecule has 0 atom stereocenters. The standard InChI is InChI=1S/C12H15ClO3/c1-2-16-12(15)10-7-3-5-9(11(10)14)6-4-8-13/h3,5,7,14H,2,4,6,8H2,1H3. The number of esters is 1. The van der Waals surface area contributed by atoms with Crippen LogP contribution in [0.1, 0.15) is 29.3 Å². The van der Waals surface area contributed by atoms with Gasteiger partial charge in [0.05, 0.1) is 6.61 Å². The van der Waals surface area contributed by atoms with E-state index in [1.54, 1.807) is 25.1 Å². The lowest BCUT2D eigenvalue weighted by atomic mass is 10.0. The Balaban J connectivity index is 2.89. The van der Waals surface area contributed by atoms with E-state index in [9.17, 15) is 9.90 Å². The Morgan fingerprint density at radius 2 is 2.25 bits per heavy atom. The fraction of sp³-hybridized carbons (Fsp3) is 0.417. The van der Waals surface area contributed by atoms with Crippen LogP contribution in [0.4, 0.5) is 0 Å². The topological polar surface area (TPSA) is 46.5 Å². The van der Waals surface area contributed by atoms with E-state index < -0.39 is 5.97 Å². The van der Waals surface area contributed by atoms with Crippen LogP contribution in [0.2, 0.25) is 0 Å². The molecule has 0 bridgehead atoms. The smallest absolute Gasteiger partial charge is 0.341 e. The molecule has 0 saturated heterocycles. The third-order valence-electron chi connectivity index (χ3n) is 2.19. The maximum absolute atomic E-state index is 11.5. The van der Waals surface area contributed by atoms with Gasteiger partial charge >= 0.3 is 5.97 Å². The lowest BCUT2D eigenvalue weighted by Crippen LogP contribution is -2.05. The summed E-state index contributed by atoms with van der Waals surface area (Å²) in [4.78, 5) is 11.5. The Kier molecular flexibility index (Phi) is 5.12. The van der Waals surface area contributed by atoms with Crippen LogP contribution >= 0.6 is 11.6 Å². The van der Waals surface area contributed by atoms with E-state index in [-0.39, 0.29) is 11.3 Å². The summed E-state index contributed by atoms with van der Waals surface area (Å²) < 4.78 is 4.84. The lowest BCUT2D eigenvalue weighted by molar-refractivity contribution is 0.0523. The van der Waals surface area contributed by atoms with Crippen molar-refractivity contribution >= 4 is 17.6 Å². The third kappa shape index (κ3) is 3.14. The summed E-state index contributed by atoms with van der Waals surface area (Å²) in [6.45, 7) is 2.02. The van der Waals surface area contributed by atoms with Crippen molar-refractivity contribution in [2.75, 3.05) is 12.5 Å². The fourth-order valence-corrected chi connectivity index (χ4v) is 1.56. The zero-order chi connectivity index (χ0) is 12.0. The number of benzene rings is 1. The molecule has 0 radical (unpaired) electrons. The Morgan fingerprint density at radius 3 is 2.88 bits per heavy atom. The molecular formula is C12H15ClO3. The molecule has 1 aromatic rings. The molecule has 1 rings (SSSR count). The second-order valence-electron chi connectivity index (χ2n) is 3.33. The van der Waals surface area contributed by atoms with Crippen LogP contribution in [0, 0.1) is 0 Å². The van der Waals surface area contributed by atoms with Gasteiger partial charge < -0.3 is 9.84 Å². The first-order chi connectivity index (χ1) is 7.70. The predicted octanol–water partition coefficient (Wildman–Crippen LogP) is 2.74. The summed E-state index contributed by atoms with van der Waals surface area (Å²) in [5.41, 5.74) is 0.945. The molecule has 16 heavy (non-hydrogen) atoms. The molecule has 0 aromatic heterocycles. The van der Waals surface area contributed by atoms with Gasteiger partial charge in [0.1, 0.15) is 11.3 Å². The summed E-state index contributed by atoms with van der Waals surface area (Å²) in [5.74, 6) is 0.0436. The molecule has 3 nitrogen and oxygen atoms in total. The van der Waals surface area contributed by atoms with Crippen LogP contribution in [0.25, 0.3) is 0 Å². The van der Waals surface area contributed by atoms with Gasteiger partial charge in [-0.15, -0.1) is 11.6 Å². The molecule has 0 saturated carbocycles. The number of aryl methyl sites for hydroxylation is 1. The number of hydrogen-bond donors (Lipinski definition) is 1. The van der Waals surface area contributed by atoms with Crippen molar-refractivity contribution in [3.8, 4) is 5.75 Å². The van der Waals surface area contributed by atoms with E-state index in [1.165, 1.54) is 0 Å². The average Bonchev–Trinajstić information content (AvgIpc) is 2.28. The molecule has 0 aliphatic rings. The molecule has 0 unspecified atom stereocenters. The maximum Gasteiger partial charge on any atom is 0.341 e. The molecule has 0 fully saturated rings. The number of rotatable bonds is 5. The zero-order valence-electron chi connectivity index (χ0n) is 9.20. The van der Waals surface area contributed by atoms with E-state index in [1.807, 2.05) is 0 Å². The second-order valence-corrected chi connectivity index (χ2v) is 3.70. The van der Waals surface area contributed by atoms with Crippen molar-refractivity contribution in [3.05, 3.63) is 29.3 Å². The molecule has 0 heterocycles. The van der Waals surface area contributed by atoms with Crippen molar-refractivity contribution in [2.45, 2.75) is 19.8 Å². The van der Waals surface area contributed by atoms with Gasteiger partial charge in [-0.2, -0.15) is 0 Å². The summed E-state index contributed by atoms with van der Waals surface area (Å²) in [7, 11) is 0. The number of carbonyl (C=O) groups excluding carboxylic acids is 1. The van der Waals surface area contributed by atoms with Crippen LogP contribution in [-0.2, 0) is 11.2 Å². The number of phenols is 1. The molecule has 88 valence electrons. The monoisotopic (exact) mass is 242 g/mol. The molecule has 1 aromatic carbocycles. The summed E-state index contributed by atoms with van der Waals surface area (Å²) >= 11 is 5.58. The van der Waals surface area contributed by atoms with E-state index in [0.29, 0.717) is 18.9 Å².